The molecule has 1 aliphatic rings. The third-order valence-electron chi connectivity index (χ3n) is 4.16. The van der Waals surface area contributed by atoms with E-state index < -0.39 is 11.9 Å². The molecule has 1 N–H and O–H groups in total. The molecule has 0 radical (unpaired) electrons. The summed E-state index contributed by atoms with van der Waals surface area (Å²) in [6.45, 7) is 0.0780. The van der Waals surface area contributed by atoms with E-state index >= 15 is 0 Å². The van der Waals surface area contributed by atoms with E-state index in [1.807, 2.05) is 30.3 Å². The van der Waals surface area contributed by atoms with Crippen molar-refractivity contribution in [2.75, 3.05) is 19.8 Å². The first kappa shape index (κ1) is 17.8. The zero-order valence-electron chi connectivity index (χ0n) is 14.9. The molecule has 1 atom stereocenters. The van der Waals surface area contributed by atoms with Gasteiger partial charge in [0.05, 0.1) is 12.1 Å². The molecule has 0 fully saturated rings. The molecule has 28 heavy (non-hydrogen) atoms. The Hall–Kier alpha value is -3.62. The molecule has 2 aromatic carbocycles. The number of nitrogens with one attached hydrogen (secondary N) is 1. The van der Waals surface area contributed by atoms with E-state index in [9.17, 15) is 9.59 Å². The summed E-state index contributed by atoms with van der Waals surface area (Å²) in [6.07, 6.45) is -0.309. The van der Waals surface area contributed by atoms with E-state index in [-0.39, 0.29) is 25.8 Å². The van der Waals surface area contributed by atoms with Crippen LogP contribution >= 0.6 is 0 Å². The number of benzene rings is 2. The van der Waals surface area contributed by atoms with Gasteiger partial charge in [-0.3, -0.25) is 9.59 Å². The maximum atomic E-state index is 12.0. The van der Waals surface area contributed by atoms with Gasteiger partial charge in [-0.15, -0.1) is 5.10 Å². The third-order valence-corrected chi connectivity index (χ3v) is 4.16. The van der Waals surface area contributed by atoms with Crippen LogP contribution in [0.25, 0.3) is 11.0 Å². The quantitative estimate of drug-likeness (QED) is 0.633. The molecule has 1 amide bonds. The van der Waals surface area contributed by atoms with Crippen molar-refractivity contribution in [1.29, 1.82) is 0 Å². The first-order valence-electron chi connectivity index (χ1n) is 8.78. The van der Waals surface area contributed by atoms with Gasteiger partial charge in [0.15, 0.2) is 18.1 Å². The maximum Gasteiger partial charge on any atom is 0.328 e. The van der Waals surface area contributed by atoms with Crippen molar-refractivity contribution in [3.8, 4) is 11.5 Å². The molecular weight excluding hydrogens is 364 g/mol. The molecule has 0 spiro atoms. The third kappa shape index (κ3) is 4.03. The van der Waals surface area contributed by atoms with Gasteiger partial charge in [-0.25, -0.2) is 4.68 Å². The maximum absolute atomic E-state index is 12.0. The highest BCUT2D eigenvalue weighted by Crippen LogP contribution is 2.30. The molecule has 0 aliphatic carbocycles. The highest BCUT2D eigenvalue weighted by atomic mass is 16.6. The van der Waals surface area contributed by atoms with Gasteiger partial charge in [0.2, 0.25) is 0 Å². The summed E-state index contributed by atoms with van der Waals surface area (Å²) < 4.78 is 17.8. The van der Waals surface area contributed by atoms with Crippen molar-refractivity contribution in [2.24, 2.45) is 0 Å². The summed E-state index contributed by atoms with van der Waals surface area (Å²) in [6, 6.07) is 14.6. The lowest BCUT2D eigenvalue weighted by Gasteiger charge is -2.26. The minimum Gasteiger partial charge on any atom is -0.486 e. The van der Waals surface area contributed by atoms with Crippen molar-refractivity contribution in [3.63, 3.8) is 0 Å². The van der Waals surface area contributed by atoms with Crippen molar-refractivity contribution < 1.29 is 23.8 Å². The number of fused-ring (bicyclic) bond motifs is 2. The van der Waals surface area contributed by atoms with E-state index in [0.717, 1.165) is 5.52 Å². The van der Waals surface area contributed by atoms with Crippen LogP contribution in [0.2, 0.25) is 0 Å². The van der Waals surface area contributed by atoms with Gasteiger partial charge in [0, 0.05) is 0 Å². The standard InChI is InChI=1S/C19H18N4O5/c24-18(20-9-13-11-26-16-7-3-4-8-17(16)28-13)12-27-19(25)10-23-15-6-2-1-5-14(15)21-22-23/h1-8,13H,9-12H2,(H,20,24). The average Bonchev–Trinajstić information content (AvgIpc) is 3.13. The highest BCUT2D eigenvalue weighted by molar-refractivity contribution is 5.81. The smallest absolute Gasteiger partial charge is 0.328 e. The Balaban J connectivity index is 1.21. The van der Waals surface area contributed by atoms with Crippen molar-refractivity contribution in [2.45, 2.75) is 12.6 Å². The fourth-order valence-electron chi connectivity index (χ4n) is 2.79. The number of rotatable bonds is 6. The second-order valence-electron chi connectivity index (χ2n) is 6.20. The Morgan fingerprint density at radius 1 is 1.14 bits per heavy atom. The Kier molecular flexibility index (Phi) is 5.05. The number of aromatic nitrogens is 3. The van der Waals surface area contributed by atoms with Crippen LogP contribution in [0.3, 0.4) is 0 Å². The number of ether oxygens (including phenoxy) is 3. The van der Waals surface area contributed by atoms with E-state index in [0.29, 0.717) is 23.6 Å². The molecule has 0 bridgehead atoms. The molecule has 1 unspecified atom stereocenters. The zero-order chi connectivity index (χ0) is 19.3. The second kappa shape index (κ2) is 7.95. The number of carbonyl (C=O) groups excluding carboxylic acids is 2. The van der Waals surface area contributed by atoms with Gasteiger partial charge < -0.3 is 19.5 Å². The summed E-state index contributed by atoms with van der Waals surface area (Å²) in [5, 5.41) is 10.5. The Labute approximate surface area is 160 Å². The van der Waals surface area contributed by atoms with E-state index in [1.54, 1.807) is 18.2 Å². The molecule has 2 heterocycles. The van der Waals surface area contributed by atoms with Gasteiger partial charge in [-0.05, 0) is 24.3 Å². The first-order chi connectivity index (χ1) is 13.7. The minimum atomic E-state index is -0.572. The molecule has 9 nitrogen and oxygen atoms in total. The van der Waals surface area contributed by atoms with Crippen LogP contribution in [0, 0.1) is 0 Å². The predicted octanol–water partition coefficient (Wildman–Crippen LogP) is 0.931. The van der Waals surface area contributed by atoms with Crippen molar-refractivity contribution in [1.82, 2.24) is 20.3 Å². The number of carbonyl (C=O) groups is 2. The number of para-hydroxylation sites is 3. The monoisotopic (exact) mass is 382 g/mol. The minimum absolute atomic E-state index is 0.121. The van der Waals surface area contributed by atoms with Gasteiger partial charge in [-0.1, -0.05) is 29.5 Å². The predicted molar refractivity (Wildman–Crippen MR) is 97.8 cm³/mol. The highest BCUT2D eigenvalue weighted by Gasteiger charge is 2.21. The lowest BCUT2D eigenvalue weighted by atomic mass is 10.2. The van der Waals surface area contributed by atoms with Crippen LogP contribution in [-0.2, 0) is 20.9 Å². The lowest BCUT2D eigenvalue weighted by molar-refractivity contribution is -0.149. The van der Waals surface area contributed by atoms with E-state index in [4.69, 9.17) is 14.2 Å². The summed E-state index contributed by atoms with van der Waals surface area (Å²) >= 11 is 0. The number of nitrogens with zero attached hydrogens (tertiary/aromatic N) is 3. The Morgan fingerprint density at radius 3 is 2.82 bits per heavy atom. The normalized spacial score (nSPS) is 15.2. The molecule has 0 saturated carbocycles. The van der Waals surface area contributed by atoms with Crippen LogP contribution < -0.4 is 14.8 Å². The molecule has 1 aliphatic heterocycles. The van der Waals surface area contributed by atoms with Gasteiger partial charge in [-0.2, -0.15) is 0 Å². The largest absolute Gasteiger partial charge is 0.486 e. The topological polar surface area (TPSA) is 105 Å². The molecule has 0 saturated heterocycles. The van der Waals surface area contributed by atoms with Crippen LogP contribution in [0.1, 0.15) is 0 Å². The molecule has 1 aromatic heterocycles. The summed E-state index contributed by atoms with van der Waals surface area (Å²) in [5.41, 5.74) is 1.41. The number of hydrogen-bond acceptors (Lipinski definition) is 7. The van der Waals surface area contributed by atoms with Crippen molar-refractivity contribution in [3.05, 3.63) is 48.5 Å². The fraction of sp³-hybridized carbons (Fsp3) is 0.263. The van der Waals surface area contributed by atoms with Crippen LogP contribution in [0.15, 0.2) is 48.5 Å². The molecular formula is C19H18N4O5. The second-order valence-corrected chi connectivity index (χ2v) is 6.20. The SMILES string of the molecule is O=C(COC(=O)Cn1nnc2ccccc21)NCC1COc2ccccc2O1. The van der Waals surface area contributed by atoms with Gasteiger partial charge >= 0.3 is 5.97 Å². The number of esters is 1. The molecule has 4 rings (SSSR count). The van der Waals surface area contributed by atoms with Gasteiger partial charge in [0.25, 0.3) is 5.91 Å². The number of hydrogen-bond donors (Lipinski definition) is 1. The van der Waals surface area contributed by atoms with Crippen LogP contribution in [0.5, 0.6) is 11.5 Å². The van der Waals surface area contributed by atoms with Crippen molar-refractivity contribution >= 4 is 22.9 Å². The first-order valence-corrected chi connectivity index (χ1v) is 8.78. The average molecular weight is 382 g/mol. The summed E-state index contributed by atoms with van der Waals surface area (Å²) in [4.78, 5) is 23.9. The molecule has 3 aromatic rings. The molecule has 144 valence electrons. The summed E-state index contributed by atoms with van der Waals surface area (Å²) in [5.74, 6) is 0.329. The Bertz CT molecular complexity index is 1000. The zero-order valence-corrected chi connectivity index (χ0v) is 14.9. The van der Waals surface area contributed by atoms with Gasteiger partial charge in [0.1, 0.15) is 24.8 Å². The van der Waals surface area contributed by atoms with E-state index in [1.165, 1.54) is 4.68 Å². The molecule has 9 heteroatoms. The number of amides is 1. The Morgan fingerprint density at radius 2 is 1.93 bits per heavy atom. The van der Waals surface area contributed by atoms with Crippen LogP contribution in [-0.4, -0.2) is 52.7 Å². The van der Waals surface area contributed by atoms with E-state index in [2.05, 4.69) is 15.6 Å². The fourth-order valence-corrected chi connectivity index (χ4v) is 2.79. The summed E-state index contributed by atoms with van der Waals surface area (Å²) in [7, 11) is 0. The van der Waals surface area contributed by atoms with Crippen LogP contribution in [0.4, 0.5) is 0 Å². The lowest BCUT2D eigenvalue weighted by Crippen LogP contribution is -2.42.